The summed E-state index contributed by atoms with van der Waals surface area (Å²) in [5.41, 5.74) is 0.449. The number of esters is 1. The molecule has 112 valence electrons. The monoisotopic (exact) mass is 307 g/mol. The van der Waals surface area contributed by atoms with Gasteiger partial charge < -0.3 is 15.0 Å². The van der Waals surface area contributed by atoms with Crippen molar-refractivity contribution >= 4 is 28.3 Å². The number of aromatic nitrogens is 1. The highest BCUT2D eigenvalue weighted by Crippen LogP contribution is 2.41. The second-order valence-corrected chi connectivity index (χ2v) is 6.52. The first-order valence-electron chi connectivity index (χ1n) is 6.82. The number of thiazole rings is 1. The van der Waals surface area contributed by atoms with E-state index in [1.807, 2.05) is 0 Å². The molecule has 0 saturated carbocycles. The Kier molecular flexibility index (Phi) is 3.44. The highest BCUT2D eigenvalue weighted by Gasteiger charge is 2.47. The number of hydrogen-bond acceptors (Lipinski definition) is 6. The molecule has 0 aliphatic carbocycles. The number of methoxy groups -OCH3 is 1. The van der Waals surface area contributed by atoms with Gasteiger partial charge in [0.05, 0.1) is 18.7 Å². The van der Waals surface area contributed by atoms with Gasteiger partial charge in [-0.05, 0) is 19.3 Å². The van der Waals surface area contributed by atoms with Gasteiger partial charge in [-0.25, -0.2) is 9.78 Å². The number of carbonyl (C=O) groups excluding carboxylic acids is 2. The Bertz CT molecular complexity index is 612. The van der Waals surface area contributed by atoms with Gasteiger partial charge in [-0.2, -0.15) is 0 Å². The number of ether oxygens (including phenoxy) is 1. The normalized spacial score (nSPS) is 25.3. The van der Waals surface area contributed by atoms with Crippen molar-refractivity contribution < 1.29 is 14.3 Å². The maximum atomic E-state index is 12.3. The van der Waals surface area contributed by atoms with Crippen LogP contribution in [0, 0.1) is 5.41 Å². The fraction of sp³-hybridized carbons (Fsp3) is 0.500. The summed E-state index contributed by atoms with van der Waals surface area (Å²) in [4.78, 5) is 30.6. The number of amides is 1. The molecule has 6 nitrogen and oxygen atoms in total. The number of nitrogens with zero attached hydrogens (tertiary/aromatic N) is 2. The van der Waals surface area contributed by atoms with Gasteiger partial charge in [0.25, 0.3) is 0 Å². The standard InChI is InChI=1S/C14H17N3O3S/c1-9-3-4-14(12(19)16-9)5-6-17(8-14)13-15-7-10(21-13)11(18)20-2/h7H,1,3-6,8H2,2H3,(H,16,19). The SMILES string of the molecule is C=C1CCC2(CCN(c3ncc(C(=O)OC)s3)C2)C(=O)N1. The number of hydrogen-bond donors (Lipinski definition) is 1. The summed E-state index contributed by atoms with van der Waals surface area (Å²) in [6.45, 7) is 5.23. The molecular weight excluding hydrogens is 290 g/mol. The predicted octanol–water partition coefficient (Wildman–Crippen LogP) is 1.55. The summed E-state index contributed by atoms with van der Waals surface area (Å²) in [5.74, 6) is -0.314. The van der Waals surface area contributed by atoms with E-state index in [0.717, 1.165) is 36.6 Å². The lowest BCUT2D eigenvalue weighted by Gasteiger charge is -2.33. The minimum Gasteiger partial charge on any atom is -0.465 e. The van der Waals surface area contributed by atoms with Crippen LogP contribution in [0.1, 0.15) is 28.9 Å². The maximum Gasteiger partial charge on any atom is 0.349 e. The van der Waals surface area contributed by atoms with Crippen molar-refractivity contribution in [2.45, 2.75) is 19.3 Å². The van der Waals surface area contributed by atoms with E-state index in [1.165, 1.54) is 24.6 Å². The van der Waals surface area contributed by atoms with Crippen LogP contribution >= 0.6 is 11.3 Å². The molecule has 2 saturated heterocycles. The number of piperidine rings is 1. The number of carbonyl (C=O) groups is 2. The van der Waals surface area contributed by atoms with Gasteiger partial charge in [-0.15, -0.1) is 0 Å². The Balaban J connectivity index is 1.75. The molecule has 1 N–H and O–H groups in total. The molecule has 3 heterocycles. The molecule has 2 fully saturated rings. The fourth-order valence-corrected chi connectivity index (χ4v) is 3.75. The molecule has 1 atom stereocenters. The van der Waals surface area contributed by atoms with Gasteiger partial charge in [0.1, 0.15) is 4.88 Å². The average molecular weight is 307 g/mol. The van der Waals surface area contributed by atoms with Crippen LogP contribution in [0.3, 0.4) is 0 Å². The van der Waals surface area contributed by atoms with E-state index in [0.29, 0.717) is 11.4 Å². The van der Waals surface area contributed by atoms with E-state index < -0.39 is 0 Å². The van der Waals surface area contributed by atoms with E-state index in [-0.39, 0.29) is 17.3 Å². The molecule has 7 heteroatoms. The minimum absolute atomic E-state index is 0.0611. The van der Waals surface area contributed by atoms with Crippen molar-refractivity contribution in [3.8, 4) is 0 Å². The Hall–Kier alpha value is -1.89. The number of anilines is 1. The van der Waals surface area contributed by atoms with Crippen molar-refractivity contribution in [2.75, 3.05) is 25.1 Å². The van der Waals surface area contributed by atoms with Gasteiger partial charge in [-0.1, -0.05) is 17.9 Å². The van der Waals surface area contributed by atoms with Crippen molar-refractivity contribution in [3.63, 3.8) is 0 Å². The lowest BCUT2D eigenvalue weighted by molar-refractivity contribution is -0.131. The van der Waals surface area contributed by atoms with Gasteiger partial charge >= 0.3 is 5.97 Å². The third kappa shape index (κ3) is 2.42. The number of rotatable bonds is 2. The predicted molar refractivity (Wildman–Crippen MR) is 79.2 cm³/mol. The Morgan fingerprint density at radius 1 is 1.57 bits per heavy atom. The van der Waals surface area contributed by atoms with Gasteiger partial charge in [0, 0.05) is 18.8 Å². The zero-order chi connectivity index (χ0) is 15.0. The number of allylic oxidation sites excluding steroid dienone is 1. The van der Waals surface area contributed by atoms with Crippen LogP contribution < -0.4 is 10.2 Å². The second-order valence-electron chi connectivity index (χ2n) is 5.51. The lowest BCUT2D eigenvalue weighted by atomic mass is 9.78. The molecule has 21 heavy (non-hydrogen) atoms. The summed E-state index contributed by atoms with van der Waals surface area (Å²) < 4.78 is 4.69. The molecule has 1 unspecified atom stereocenters. The lowest BCUT2D eigenvalue weighted by Crippen LogP contribution is -2.46. The van der Waals surface area contributed by atoms with Crippen molar-refractivity contribution in [1.29, 1.82) is 0 Å². The van der Waals surface area contributed by atoms with Gasteiger partial charge in [0.2, 0.25) is 5.91 Å². The van der Waals surface area contributed by atoms with Gasteiger partial charge in [-0.3, -0.25) is 4.79 Å². The largest absolute Gasteiger partial charge is 0.465 e. The van der Waals surface area contributed by atoms with Crippen molar-refractivity contribution in [3.05, 3.63) is 23.3 Å². The molecule has 1 aromatic heterocycles. The zero-order valence-electron chi connectivity index (χ0n) is 11.8. The molecule has 2 aliphatic heterocycles. The molecule has 1 aromatic rings. The van der Waals surface area contributed by atoms with Gasteiger partial charge in [0.15, 0.2) is 5.13 Å². The smallest absolute Gasteiger partial charge is 0.349 e. The minimum atomic E-state index is -0.376. The van der Waals surface area contributed by atoms with Crippen LogP contribution in [0.2, 0.25) is 0 Å². The summed E-state index contributed by atoms with van der Waals surface area (Å²) in [6, 6.07) is 0. The van der Waals surface area contributed by atoms with E-state index in [1.54, 1.807) is 0 Å². The Labute approximate surface area is 126 Å². The fourth-order valence-electron chi connectivity index (χ4n) is 2.89. The molecule has 1 amide bonds. The molecule has 0 aromatic carbocycles. The Morgan fingerprint density at radius 2 is 2.38 bits per heavy atom. The third-order valence-corrected chi connectivity index (χ3v) is 5.22. The third-order valence-electron chi connectivity index (χ3n) is 4.18. The first kappa shape index (κ1) is 14.1. The zero-order valence-corrected chi connectivity index (χ0v) is 12.7. The highest BCUT2D eigenvalue weighted by molar-refractivity contribution is 7.17. The molecule has 2 aliphatic rings. The Morgan fingerprint density at radius 3 is 3.10 bits per heavy atom. The van der Waals surface area contributed by atoms with Crippen LogP contribution in [0.5, 0.6) is 0 Å². The quantitative estimate of drug-likeness (QED) is 0.839. The molecule has 3 rings (SSSR count). The molecule has 0 bridgehead atoms. The van der Waals surface area contributed by atoms with E-state index in [4.69, 9.17) is 4.74 Å². The topological polar surface area (TPSA) is 71.5 Å². The molecule has 0 radical (unpaired) electrons. The van der Waals surface area contributed by atoms with Crippen LogP contribution in [0.25, 0.3) is 0 Å². The van der Waals surface area contributed by atoms with E-state index >= 15 is 0 Å². The van der Waals surface area contributed by atoms with Crippen LogP contribution in [0.4, 0.5) is 5.13 Å². The van der Waals surface area contributed by atoms with Crippen molar-refractivity contribution in [1.82, 2.24) is 10.3 Å². The molecular formula is C14H17N3O3S. The highest BCUT2D eigenvalue weighted by atomic mass is 32.1. The number of nitrogens with one attached hydrogen (secondary N) is 1. The van der Waals surface area contributed by atoms with Crippen LogP contribution in [0.15, 0.2) is 18.5 Å². The van der Waals surface area contributed by atoms with Crippen LogP contribution in [-0.2, 0) is 9.53 Å². The van der Waals surface area contributed by atoms with Crippen molar-refractivity contribution in [2.24, 2.45) is 5.41 Å². The first-order valence-corrected chi connectivity index (χ1v) is 7.64. The summed E-state index contributed by atoms with van der Waals surface area (Å²) in [5, 5.41) is 3.63. The second kappa shape index (κ2) is 5.14. The summed E-state index contributed by atoms with van der Waals surface area (Å²) >= 11 is 1.30. The molecule has 1 spiro atoms. The van der Waals surface area contributed by atoms with E-state index in [9.17, 15) is 9.59 Å². The van der Waals surface area contributed by atoms with Crippen LogP contribution in [-0.4, -0.2) is 37.1 Å². The summed E-state index contributed by atoms with van der Waals surface area (Å²) in [6.07, 6.45) is 3.98. The first-order chi connectivity index (χ1) is 10.0. The average Bonchev–Trinajstić information content (AvgIpc) is 3.10. The maximum absolute atomic E-state index is 12.3. The summed E-state index contributed by atoms with van der Waals surface area (Å²) in [7, 11) is 1.35. The van der Waals surface area contributed by atoms with E-state index in [2.05, 4.69) is 21.8 Å².